The number of allylic oxidation sites excluding steroid dienone is 4. The van der Waals surface area contributed by atoms with Crippen LogP contribution >= 0.6 is 0 Å². The van der Waals surface area contributed by atoms with Crippen LogP contribution < -0.4 is 9.80 Å². The molecule has 4 aromatic rings. The number of hydrogen-bond donors (Lipinski definition) is 0. The molecule has 4 aromatic carbocycles. The molecule has 6 aliphatic rings. The molecule has 0 bridgehead atoms. The SMILES string of the molecule is C1=C2Cc3ccccc3N2C2(N3C(=CC4=[N+]2c2ccccc2C4)Cc2ccccc23)[N+]2=C1Cc1ccccc12. The lowest BCUT2D eigenvalue weighted by Gasteiger charge is -2.44. The quantitative estimate of drug-likeness (QED) is 0.266. The highest BCUT2D eigenvalue weighted by molar-refractivity contribution is 6.02. The van der Waals surface area contributed by atoms with E-state index in [1.165, 1.54) is 67.8 Å². The zero-order valence-corrected chi connectivity index (χ0v) is 21.5. The summed E-state index contributed by atoms with van der Waals surface area (Å²) in [6.07, 6.45) is 8.76. The molecule has 184 valence electrons. The second-order valence-corrected chi connectivity index (χ2v) is 11.4. The predicted octanol–water partition coefficient (Wildman–Crippen LogP) is 6.20. The average molecular weight is 503 g/mol. The first kappa shape index (κ1) is 20.3. The molecular weight excluding hydrogens is 476 g/mol. The molecule has 0 radical (unpaired) electrons. The molecule has 0 atom stereocenters. The van der Waals surface area contributed by atoms with Crippen molar-refractivity contribution in [3.05, 3.63) is 143 Å². The molecule has 0 saturated carbocycles. The molecule has 4 nitrogen and oxygen atoms in total. The van der Waals surface area contributed by atoms with Crippen molar-refractivity contribution >= 4 is 34.2 Å². The van der Waals surface area contributed by atoms with Crippen LogP contribution in [0, 0.1) is 0 Å². The Morgan fingerprint density at radius 1 is 0.462 bits per heavy atom. The van der Waals surface area contributed by atoms with Gasteiger partial charge in [-0.1, -0.05) is 81.9 Å². The van der Waals surface area contributed by atoms with E-state index in [0.717, 1.165) is 25.7 Å². The molecule has 0 fully saturated rings. The fourth-order valence-corrected chi connectivity index (χ4v) is 8.09. The minimum atomic E-state index is -0.642. The van der Waals surface area contributed by atoms with Gasteiger partial charge in [-0.05, 0) is 23.3 Å². The Labute approximate surface area is 227 Å². The second-order valence-electron chi connectivity index (χ2n) is 11.4. The fourth-order valence-electron chi connectivity index (χ4n) is 8.09. The summed E-state index contributed by atoms with van der Waals surface area (Å²) < 4.78 is 5.34. The van der Waals surface area contributed by atoms with Gasteiger partial charge in [0.05, 0.1) is 24.2 Å². The van der Waals surface area contributed by atoms with Gasteiger partial charge in [-0.3, -0.25) is 0 Å². The molecule has 4 heteroatoms. The zero-order valence-electron chi connectivity index (χ0n) is 21.5. The van der Waals surface area contributed by atoms with Gasteiger partial charge in [-0.2, -0.15) is 0 Å². The van der Waals surface area contributed by atoms with Gasteiger partial charge in [0.15, 0.2) is 11.4 Å². The Balaban J connectivity index is 1.40. The van der Waals surface area contributed by atoms with Gasteiger partial charge in [0, 0.05) is 59.6 Å². The number of hydrogen-bond acceptors (Lipinski definition) is 2. The Kier molecular flexibility index (Phi) is 3.55. The smallest absolute Gasteiger partial charge is 0.203 e. The summed E-state index contributed by atoms with van der Waals surface area (Å²) in [5.41, 5.74) is 16.3. The summed E-state index contributed by atoms with van der Waals surface area (Å²) in [4.78, 5) is 5.34. The number of para-hydroxylation sites is 4. The summed E-state index contributed by atoms with van der Waals surface area (Å²) in [5.74, 6) is -0.642. The lowest BCUT2D eigenvalue weighted by Crippen LogP contribution is -2.73. The largest absolute Gasteiger partial charge is 0.552 e. The third-order valence-electron chi connectivity index (χ3n) is 9.43. The lowest BCUT2D eigenvalue weighted by atomic mass is 10.1. The highest BCUT2D eigenvalue weighted by Gasteiger charge is 2.75. The monoisotopic (exact) mass is 502 g/mol. The molecule has 0 amide bonds. The Morgan fingerprint density at radius 3 is 1.36 bits per heavy atom. The van der Waals surface area contributed by atoms with Gasteiger partial charge < -0.3 is 0 Å². The number of fused-ring (bicyclic) bond motifs is 14. The molecule has 0 N–H and O–H groups in total. The highest BCUT2D eigenvalue weighted by atomic mass is 15.7. The molecule has 6 aliphatic heterocycles. The predicted molar refractivity (Wildman–Crippen MR) is 154 cm³/mol. The lowest BCUT2D eigenvalue weighted by molar-refractivity contribution is -0.759. The number of rotatable bonds is 0. The van der Waals surface area contributed by atoms with E-state index in [1.54, 1.807) is 0 Å². The van der Waals surface area contributed by atoms with E-state index in [2.05, 4.69) is 128 Å². The standard InChI is InChI=1S/C35H26N4/c1-5-13-31-23(9-1)17-27-21-28-18-24-10-2-6-14-32(24)37(28)35(36(27)31)38-29(19-25-11-3-7-15-33(25)38)22-30-20-26-12-4-8-16-34(26)39(30)35/h1-16,21-22H,17-20H2/q+2. The third kappa shape index (κ3) is 2.29. The van der Waals surface area contributed by atoms with Crippen LogP contribution in [0.5, 0.6) is 0 Å². The minimum Gasteiger partial charge on any atom is -0.203 e. The van der Waals surface area contributed by atoms with E-state index in [9.17, 15) is 0 Å². The van der Waals surface area contributed by atoms with Gasteiger partial charge in [0.25, 0.3) is 0 Å². The summed E-state index contributed by atoms with van der Waals surface area (Å²) in [5, 5.41) is 0. The number of benzene rings is 4. The number of nitrogens with zero attached hydrogens (tertiary/aromatic N) is 4. The molecular formula is C35H26N4+2. The Hall–Kier alpha value is -4.70. The van der Waals surface area contributed by atoms with E-state index in [0.29, 0.717) is 0 Å². The van der Waals surface area contributed by atoms with E-state index < -0.39 is 5.91 Å². The van der Waals surface area contributed by atoms with E-state index in [4.69, 9.17) is 0 Å². The van der Waals surface area contributed by atoms with Crippen molar-refractivity contribution in [2.24, 2.45) is 0 Å². The van der Waals surface area contributed by atoms with Crippen LogP contribution in [-0.2, 0) is 25.7 Å². The van der Waals surface area contributed by atoms with E-state index in [-0.39, 0.29) is 0 Å². The topological polar surface area (TPSA) is 12.5 Å². The van der Waals surface area contributed by atoms with Crippen LogP contribution in [0.4, 0.5) is 22.7 Å². The van der Waals surface area contributed by atoms with Crippen LogP contribution in [0.15, 0.2) is 121 Å². The minimum absolute atomic E-state index is 0.642. The Morgan fingerprint density at radius 2 is 0.872 bits per heavy atom. The first-order chi connectivity index (χ1) is 19.3. The Bertz CT molecular complexity index is 1800. The van der Waals surface area contributed by atoms with Gasteiger partial charge >= 0.3 is 5.91 Å². The van der Waals surface area contributed by atoms with Crippen molar-refractivity contribution in [1.82, 2.24) is 0 Å². The molecule has 0 unspecified atom stereocenters. The van der Waals surface area contributed by atoms with Crippen LogP contribution in [-0.4, -0.2) is 26.5 Å². The van der Waals surface area contributed by atoms with Crippen molar-refractivity contribution in [1.29, 1.82) is 0 Å². The van der Waals surface area contributed by atoms with Crippen molar-refractivity contribution in [3.8, 4) is 0 Å². The van der Waals surface area contributed by atoms with Crippen LogP contribution in [0.25, 0.3) is 0 Å². The molecule has 0 aliphatic carbocycles. The summed E-state index contributed by atoms with van der Waals surface area (Å²) in [7, 11) is 0. The maximum atomic E-state index is 2.67. The van der Waals surface area contributed by atoms with Gasteiger partial charge in [0.1, 0.15) is 0 Å². The van der Waals surface area contributed by atoms with Crippen molar-refractivity contribution in [2.75, 3.05) is 9.80 Å². The first-order valence-corrected chi connectivity index (χ1v) is 14.0. The molecule has 0 aromatic heterocycles. The van der Waals surface area contributed by atoms with Crippen molar-refractivity contribution in [3.63, 3.8) is 0 Å². The van der Waals surface area contributed by atoms with Crippen LogP contribution in [0.1, 0.15) is 22.3 Å². The summed E-state index contributed by atoms with van der Waals surface area (Å²) >= 11 is 0. The molecule has 6 heterocycles. The molecule has 1 spiro atoms. The second kappa shape index (κ2) is 6.83. The van der Waals surface area contributed by atoms with Crippen LogP contribution in [0.2, 0.25) is 0 Å². The molecule has 0 saturated heterocycles. The summed E-state index contributed by atoms with van der Waals surface area (Å²) in [6.45, 7) is 0. The van der Waals surface area contributed by atoms with Gasteiger partial charge in [-0.15, -0.1) is 0 Å². The zero-order chi connectivity index (χ0) is 25.3. The van der Waals surface area contributed by atoms with Gasteiger partial charge in [-0.25, -0.2) is 9.80 Å². The van der Waals surface area contributed by atoms with E-state index in [1.807, 2.05) is 0 Å². The van der Waals surface area contributed by atoms with Crippen LogP contribution in [0.3, 0.4) is 0 Å². The maximum Gasteiger partial charge on any atom is 0.552 e. The molecule has 39 heavy (non-hydrogen) atoms. The fraction of sp³-hybridized carbons (Fsp3) is 0.143. The van der Waals surface area contributed by atoms with Gasteiger partial charge in [0.2, 0.25) is 11.4 Å². The normalized spacial score (nSPS) is 20.1. The van der Waals surface area contributed by atoms with Crippen molar-refractivity contribution < 1.29 is 9.15 Å². The first-order valence-electron chi connectivity index (χ1n) is 14.0. The average Bonchev–Trinajstić information content (AvgIpc) is 3.72. The highest BCUT2D eigenvalue weighted by Crippen LogP contribution is 2.56. The molecule has 10 rings (SSSR count). The summed E-state index contributed by atoms with van der Waals surface area (Å²) in [6, 6.07) is 36.1. The van der Waals surface area contributed by atoms with E-state index >= 15 is 0 Å². The third-order valence-corrected chi connectivity index (χ3v) is 9.43. The maximum absolute atomic E-state index is 2.67. The van der Waals surface area contributed by atoms with Crippen molar-refractivity contribution in [2.45, 2.75) is 31.6 Å². The number of anilines is 2.